The molecule has 0 bridgehead atoms. The van der Waals surface area contributed by atoms with Gasteiger partial charge in [0.1, 0.15) is 0 Å². The zero-order valence-corrected chi connectivity index (χ0v) is 22.2. The van der Waals surface area contributed by atoms with Crippen LogP contribution in [-0.2, 0) is 0 Å². The number of hydrogen-bond acceptors (Lipinski definition) is 1. The standard InChI is InChI=1S/C38H29N/c1-25(2)30-22-31(27-11-7-4-8-12-27)24-32(23-30)38-37-18-17-34-33-15-13-28(26-9-5-3-6-10-26)21-29(33)14-16-35(34)36(37)19-20-39-38/h3-25H,1-2H3. The van der Waals surface area contributed by atoms with Crippen LogP contribution in [0.5, 0.6) is 0 Å². The summed E-state index contributed by atoms with van der Waals surface area (Å²) in [6, 6.07) is 46.2. The van der Waals surface area contributed by atoms with Crippen molar-refractivity contribution in [1.29, 1.82) is 0 Å². The highest BCUT2D eigenvalue weighted by Crippen LogP contribution is 2.38. The monoisotopic (exact) mass is 499 g/mol. The first-order valence-electron chi connectivity index (χ1n) is 13.7. The van der Waals surface area contributed by atoms with Crippen LogP contribution in [0.1, 0.15) is 25.3 Å². The smallest absolute Gasteiger partial charge is 0.0780 e. The minimum absolute atomic E-state index is 0.426. The molecule has 0 spiro atoms. The van der Waals surface area contributed by atoms with E-state index in [9.17, 15) is 0 Å². The van der Waals surface area contributed by atoms with Gasteiger partial charge in [-0.1, -0.05) is 117 Å². The fraction of sp³-hybridized carbons (Fsp3) is 0.0789. The summed E-state index contributed by atoms with van der Waals surface area (Å²) in [6.45, 7) is 4.51. The summed E-state index contributed by atoms with van der Waals surface area (Å²) in [6.07, 6.45) is 1.96. The third kappa shape index (κ3) is 4.17. The van der Waals surface area contributed by atoms with E-state index in [1.54, 1.807) is 0 Å². The molecule has 0 atom stereocenters. The van der Waals surface area contributed by atoms with Gasteiger partial charge in [-0.05, 0) is 84.9 Å². The molecule has 0 aliphatic rings. The van der Waals surface area contributed by atoms with Crippen LogP contribution in [0, 0.1) is 0 Å². The second-order valence-electron chi connectivity index (χ2n) is 10.6. The summed E-state index contributed by atoms with van der Waals surface area (Å²) >= 11 is 0. The van der Waals surface area contributed by atoms with E-state index in [1.165, 1.54) is 65.7 Å². The molecule has 1 heteroatoms. The van der Waals surface area contributed by atoms with Crippen LogP contribution in [0.2, 0.25) is 0 Å². The molecule has 0 saturated carbocycles. The Morgan fingerprint density at radius 2 is 1.03 bits per heavy atom. The Morgan fingerprint density at radius 3 is 1.77 bits per heavy atom. The van der Waals surface area contributed by atoms with Crippen molar-refractivity contribution in [3.05, 3.63) is 139 Å². The van der Waals surface area contributed by atoms with E-state index in [0.29, 0.717) is 5.92 Å². The summed E-state index contributed by atoms with van der Waals surface area (Å²) in [5.41, 5.74) is 8.48. The molecule has 1 heterocycles. The lowest BCUT2D eigenvalue weighted by Gasteiger charge is -2.15. The zero-order valence-electron chi connectivity index (χ0n) is 22.2. The quantitative estimate of drug-likeness (QED) is 0.219. The van der Waals surface area contributed by atoms with E-state index >= 15 is 0 Å². The lowest BCUT2D eigenvalue weighted by Crippen LogP contribution is -1.93. The van der Waals surface area contributed by atoms with Crippen LogP contribution in [0.4, 0.5) is 0 Å². The maximum Gasteiger partial charge on any atom is 0.0780 e. The molecule has 186 valence electrons. The molecule has 0 fully saturated rings. The van der Waals surface area contributed by atoms with E-state index in [2.05, 4.69) is 141 Å². The van der Waals surface area contributed by atoms with Crippen LogP contribution in [0.15, 0.2) is 134 Å². The number of aromatic nitrogens is 1. The van der Waals surface area contributed by atoms with Gasteiger partial charge in [-0.2, -0.15) is 0 Å². The zero-order chi connectivity index (χ0) is 26.3. The molecule has 0 amide bonds. The summed E-state index contributed by atoms with van der Waals surface area (Å²) in [4.78, 5) is 4.93. The summed E-state index contributed by atoms with van der Waals surface area (Å²) in [5, 5.41) is 7.50. The molecule has 0 saturated heterocycles. The van der Waals surface area contributed by atoms with Gasteiger partial charge in [-0.3, -0.25) is 4.98 Å². The summed E-state index contributed by atoms with van der Waals surface area (Å²) in [5.74, 6) is 0.426. The molecular formula is C38H29N. The molecule has 0 N–H and O–H groups in total. The minimum Gasteiger partial charge on any atom is -0.256 e. The number of nitrogens with zero attached hydrogens (tertiary/aromatic N) is 1. The van der Waals surface area contributed by atoms with Crippen molar-refractivity contribution in [1.82, 2.24) is 4.98 Å². The van der Waals surface area contributed by atoms with Crippen molar-refractivity contribution in [2.24, 2.45) is 0 Å². The SMILES string of the molecule is CC(C)c1cc(-c2ccccc2)cc(-c2nccc3c2ccc2c4ccc(-c5ccccc5)cc4ccc32)c1. The van der Waals surface area contributed by atoms with Crippen molar-refractivity contribution < 1.29 is 0 Å². The van der Waals surface area contributed by atoms with Crippen LogP contribution in [-0.4, -0.2) is 4.98 Å². The summed E-state index contributed by atoms with van der Waals surface area (Å²) in [7, 11) is 0. The first-order valence-corrected chi connectivity index (χ1v) is 13.7. The maximum atomic E-state index is 4.93. The van der Waals surface area contributed by atoms with Gasteiger partial charge in [0.15, 0.2) is 0 Å². The van der Waals surface area contributed by atoms with E-state index in [1.807, 2.05) is 6.20 Å². The maximum absolute atomic E-state index is 4.93. The predicted molar refractivity (Wildman–Crippen MR) is 167 cm³/mol. The van der Waals surface area contributed by atoms with Crippen LogP contribution >= 0.6 is 0 Å². The fourth-order valence-electron chi connectivity index (χ4n) is 5.77. The van der Waals surface area contributed by atoms with Crippen LogP contribution < -0.4 is 0 Å². The van der Waals surface area contributed by atoms with Gasteiger partial charge >= 0.3 is 0 Å². The van der Waals surface area contributed by atoms with Crippen molar-refractivity contribution in [2.75, 3.05) is 0 Å². The Balaban J connectivity index is 1.41. The number of pyridine rings is 1. The Hall–Kier alpha value is -4.75. The molecule has 0 radical (unpaired) electrons. The molecule has 7 aromatic rings. The Labute approximate surface area is 229 Å². The lowest BCUT2D eigenvalue weighted by atomic mass is 9.91. The van der Waals surface area contributed by atoms with Crippen molar-refractivity contribution >= 4 is 32.3 Å². The van der Waals surface area contributed by atoms with Crippen molar-refractivity contribution in [3.63, 3.8) is 0 Å². The molecule has 0 unspecified atom stereocenters. The topological polar surface area (TPSA) is 12.9 Å². The highest BCUT2D eigenvalue weighted by molar-refractivity contribution is 6.19. The predicted octanol–water partition coefficient (Wildman–Crippen LogP) is 10.7. The van der Waals surface area contributed by atoms with E-state index in [-0.39, 0.29) is 0 Å². The minimum atomic E-state index is 0.426. The number of fused-ring (bicyclic) bond motifs is 5. The van der Waals surface area contributed by atoms with Gasteiger partial charge in [0.25, 0.3) is 0 Å². The summed E-state index contributed by atoms with van der Waals surface area (Å²) < 4.78 is 0. The second-order valence-corrected chi connectivity index (χ2v) is 10.6. The van der Waals surface area contributed by atoms with E-state index < -0.39 is 0 Å². The first kappa shape index (κ1) is 23.4. The molecule has 1 nitrogen and oxygen atoms in total. The van der Waals surface area contributed by atoms with Gasteiger partial charge in [0.05, 0.1) is 5.69 Å². The molecule has 7 rings (SSSR count). The fourth-order valence-corrected chi connectivity index (χ4v) is 5.77. The molecule has 6 aromatic carbocycles. The van der Waals surface area contributed by atoms with Gasteiger partial charge in [0.2, 0.25) is 0 Å². The third-order valence-electron chi connectivity index (χ3n) is 7.87. The number of rotatable bonds is 4. The van der Waals surface area contributed by atoms with Gasteiger partial charge in [0, 0.05) is 17.1 Å². The van der Waals surface area contributed by atoms with Crippen LogP contribution in [0.3, 0.4) is 0 Å². The highest BCUT2D eigenvalue weighted by atomic mass is 14.7. The average Bonchev–Trinajstić information content (AvgIpc) is 3.00. The van der Waals surface area contributed by atoms with Gasteiger partial charge in [-0.15, -0.1) is 0 Å². The average molecular weight is 500 g/mol. The Morgan fingerprint density at radius 1 is 0.436 bits per heavy atom. The van der Waals surface area contributed by atoms with Gasteiger partial charge in [-0.25, -0.2) is 0 Å². The molecule has 1 aromatic heterocycles. The second kappa shape index (κ2) is 9.53. The van der Waals surface area contributed by atoms with E-state index in [4.69, 9.17) is 4.98 Å². The Kier molecular flexibility index (Phi) is 5.71. The Bertz CT molecular complexity index is 1970. The highest BCUT2D eigenvalue weighted by Gasteiger charge is 2.13. The van der Waals surface area contributed by atoms with Crippen molar-refractivity contribution in [3.8, 4) is 33.5 Å². The molecule has 39 heavy (non-hydrogen) atoms. The molecular weight excluding hydrogens is 470 g/mol. The lowest BCUT2D eigenvalue weighted by molar-refractivity contribution is 0.867. The third-order valence-corrected chi connectivity index (χ3v) is 7.87. The largest absolute Gasteiger partial charge is 0.256 e. The van der Waals surface area contributed by atoms with Crippen molar-refractivity contribution in [2.45, 2.75) is 19.8 Å². The molecule has 0 aliphatic carbocycles. The number of hydrogen-bond donors (Lipinski definition) is 0. The van der Waals surface area contributed by atoms with Gasteiger partial charge < -0.3 is 0 Å². The van der Waals surface area contributed by atoms with E-state index in [0.717, 1.165) is 5.69 Å². The molecule has 0 aliphatic heterocycles. The normalized spacial score (nSPS) is 11.6. The first-order chi connectivity index (χ1) is 19.2. The number of benzene rings is 6. The van der Waals surface area contributed by atoms with Crippen LogP contribution in [0.25, 0.3) is 65.8 Å².